The third kappa shape index (κ3) is 10.1. The Kier molecular flexibility index (Phi) is 16.2. The van der Waals surface area contributed by atoms with Crippen molar-refractivity contribution in [2.45, 2.75) is 87.5 Å². The monoisotopic (exact) mass is 812 g/mol. The van der Waals surface area contributed by atoms with Gasteiger partial charge in [0, 0.05) is 48.3 Å². The van der Waals surface area contributed by atoms with Gasteiger partial charge in [-0.2, -0.15) is 0 Å². The summed E-state index contributed by atoms with van der Waals surface area (Å²) in [5.74, 6) is 0.588. The van der Waals surface area contributed by atoms with Crippen LogP contribution in [0.15, 0.2) is 113 Å². The van der Waals surface area contributed by atoms with Crippen LogP contribution in [0.25, 0.3) is 0 Å². The molecule has 1 saturated carbocycles. The molecule has 1 aliphatic heterocycles. The number of rotatable bonds is 22. The van der Waals surface area contributed by atoms with Crippen LogP contribution in [-0.4, -0.2) is 84.6 Å². The van der Waals surface area contributed by atoms with Crippen LogP contribution in [0.1, 0.15) is 75.3 Å². The topological polar surface area (TPSA) is 119 Å². The Labute approximate surface area is 348 Å². The van der Waals surface area contributed by atoms with Crippen molar-refractivity contribution in [3.8, 4) is 11.5 Å². The van der Waals surface area contributed by atoms with Gasteiger partial charge in [-0.1, -0.05) is 85.6 Å². The van der Waals surface area contributed by atoms with Crippen LogP contribution in [0.5, 0.6) is 11.5 Å². The molecule has 0 bridgehead atoms. The van der Waals surface area contributed by atoms with E-state index in [2.05, 4.69) is 30.9 Å². The number of aliphatic hydroxyl groups excluding tert-OH is 2. The number of fused-ring (bicyclic) bond motifs is 2. The van der Waals surface area contributed by atoms with Gasteiger partial charge in [-0.05, 0) is 85.4 Å². The van der Waals surface area contributed by atoms with Gasteiger partial charge < -0.3 is 34.0 Å². The van der Waals surface area contributed by atoms with E-state index in [1.807, 2.05) is 67.6 Å². The minimum atomic E-state index is -1.33. The Balaban J connectivity index is 1.50. The van der Waals surface area contributed by atoms with Crippen molar-refractivity contribution < 1.29 is 38.8 Å². The molecule has 0 unspecified atom stereocenters. The first-order valence-corrected chi connectivity index (χ1v) is 21.9. The second-order valence-electron chi connectivity index (χ2n) is 15.2. The van der Waals surface area contributed by atoms with E-state index in [0.717, 1.165) is 59.6 Å². The minimum absolute atomic E-state index is 0.111. The third-order valence-corrected chi connectivity index (χ3v) is 12.5. The summed E-state index contributed by atoms with van der Waals surface area (Å²) >= 11 is 1.75. The molecule has 10 nitrogen and oxygen atoms in total. The van der Waals surface area contributed by atoms with Gasteiger partial charge in [0.2, 0.25) is 5.79 Å². The number of thioether (sulfide) groups is 1. The van der Waals surface area contributed by atoms with Gasteiger partial charge in [0.15, 0.2) is 0 Å². The van der Waals surface area contributed by atoms with E-state index in [1.165, 1.54) is 12.0 Å². The minimum Gasteiger partial charge on any atom is -0.493 e. The van der Waals surface area contributed by atoms with Crippen LogP contribution < -0.4 is 9.47 Å². The molecule has 2 N–H and O–H groups in total. The van der Waals surface area contributed by atoms with Crippen LogP contribution in [0.4, 0.5) is 4.79 Å². The van der Waals surface area contributed by atoms with E-state index in [4.69, 9.17) is 28.9 Å². The van der Waals surface area contributed by atoms with Gasteiger partial charge in [0.1, 0.15) is 24.1 Å². The molecule has 2 aliphatic carbocycles. The quantitative estimate of drug-likeness (QED) is 0.0443. The molecule has 3 aromatic carbocycles. The van der Waals surface area contributed by atoms with Crippen molar-refractivity contribution in [2.24, 2.45) is 22.9 Å². The molecule has 1 heterocycles. The standard InChI is InChI=1S/C47H60N2O8S/c1-4-24-49(46(52)53-3)43-32-41(48-56-33-34-16-8-6-9-17-34)39-30-35(18-12-14-25-50)38(21-13-15-26-51)44-40-31-36(54-28-29-58-37-19-10-7-11-20-37)22-23-42(40)57-47(43,45(39)44)55-27-5-2/h5-11,16-17,19-20,22-23,30-31,35,38,43-45,50-51H,2,4,12-15,18,21,24-29,32-33H2,1,3H3/t35-,38+,43-,44+,45+,47+/m0/s1. The van der Waals surface area contributed by atoms with Crippen molar-refractivity contribution in [2.75, 3.05) is 45.8 Å². The first-order chi connectivity index (χ1) is 28.5. The highest BCUT2D eigenvalue weighted by molar-refractivity contribution is 7.99. The maximum atomic E-state index is 13.8. The van der Waals surface area contributed by atoms with E-state index in [9.17, 15) is 15.0 Å². The number of carbonyl (C=O) groups excluding carboxylic acids is 1. The number of hydrogen-bond donors (Lipinski definition) is 2. The van der Waals surface area contributed by atoms with Crippen LogP contribution in [0.3, 0.4) is 0 Å². The number of carbonyl (C=O) groups is 1. The Morgan fingerprint density at radius 2 is 1.76 bits per heavy atom. The summed E-state index contributed by atoms with van der Waals surface area (Å²) in [6.45, 7) is 7.72. The number of aliphatic hydroxyl groups is 2. The lowest BCUT2D eigenvalue weighted by molar-refractivity contribution is -0.255. The predicted octanol–water partition coefficient (Wildman–Crippen LogP) is 9.17. The molecule has 11 heteroatoms. The molecule has 6 rings (SSSR count). The third-order valence-electron chi connectivity index (χ3n) is 11.5. The fourth-order valence-corrected chi connectivity index (χ4v) is 9.82. The van der Waals surface area contributed by atoms with E-state index in [1.54, 1.807) is 22.7 Å². The van der Waals surface area contributed by atoms with Gasteiger partial charge in [-0.25, -0.2) is 4.79 Å². The number of nitrogens with zero attached hydrogens (tertiary/aromatic N) is 2. The Bertz CT molecular complexity index is 1820. The molecule has 0 radical (unpaired) electrons. The molecule has 58 heavy (non-hydrogen) atoms. The summed E-state index contributed by atoms with van der Waals surface area (Å²) in [7, 11) is 1.41. The van der Waals surface area contributed by atoms with Crippen molar-refractivity contribution in [3.63, 3.8) is 0 Å². The zero-order valence-electron chi connectivity index (χ0n) is 34.0. The van der Waals surface area contributed by atoms with Crippen molar-refractivity contribution in [1.29, 1.82) is 0 Å². The molecule has 3 aromatic rings. The lowest BCUT2D eigenvalue weighted by Gasteiger charge is -2.59. The van der Waals surface area contributed by atoms with Gasteiger partial charge in [0.05, 0.1) is 32.0 Å². The number of hydrogen-bond acceptors (Lipinski definition) is 10. The zero-order chi connectivity index (χ0) is 40.7. The van der Waals surface area contributed by atoms with Crippen molar-refractivity contribution >= 4 is 23.6 Å². The van der Waals surface area contributed by atoms with Gasteiger partial charge in [0.25, 0.3) is 0 Å². The summed E-state index contributed by atoms with van der Waals surface area (Å²) < 4.78 is 26.2. The number of allylic oxidation sites excluding steroid dienone is 1. The van der Waals surface area contributed by atoms with Crippen LogP contribution in [0, 0.1) is 17.8 Å². The highest BCUT2D eigenvalue weighted by Gasteiger charge is 2.65. The summed E-state index contributed by atoms with van der Waals surface area (Å²) in [6.07, 6.45) is 9.41. The highest BCUT2D eigenvalue weighted by Crippen LogP contribution is 2.62. The van der Waals surface area contributed by atoms with Crippen LogP contribution >= 0.6 is 11.8 Å². The fourth-order valence-electron chi connectivity index (χ4n) is 9.07. The van der Waals surface area contributed by atoms with Gasteiger partial charge >= 0.3 is 6.09 Å². The van der Waals surface area contributed by atoms with Gasteiger partial charge in [-0.3, -0.25) is 4.90 Å². The fraction of sp³-hybridized carbons (Fsp3) is 0.489. The molecule has 1 amide bonds. The molecule has 0 aromatic heterocycles. The second-order valence-corrected chi connectivity index (χ2v) is 16.4. The average Bonchev–Trinajstić information content (AvgIpc) is 3.25. The van der Waals surface area contributed by atoms with E-state index in [-0.39, 0.29) is 44.2 Å². The molecular formula is C47H60N2O8S. The van der Waals surface area contributed by atoms with E-state index < -0.39 is 23.8 Å². The molecule has 0 spiro atoms. The normalized spacial score (nSPS) is 23.8. The summed E-state index contributed by atoms with van der Waals surface area (Å²) in [5, 5.41) is 24.7. The summed E-state index contributed by atoms with van der Waals surface area (Å²) in [5.41, 5.74) is 3.75. The maximum absolute atomic E-state index is 13.8. The van der Waals surface area contributed by atoms with E-state index >= 15 is 0 Å². The lowest BCUT2D eigenvalue weighted by atomic mass is 9.55. The smallest absolute Gasteiger partial charge is 0.409 e. The lowest BCUT2D eigenvalue weighted by Crippen LogP contribution is -2.70. The van der Waals surface area contributed by atoms with Crippen molar-refractivity contribution in [3.05, 3.63) is 114 Å². The SMILES string of the molecule is C=CCO[C@@]12Oc3ccc(OCCSc4ccccc4)cc3[C@H]3[C@H](CCCCO)[C@@H](CCCCO)C=C(C(=NOCc4ccccc4)C[C@@H]1N(CCC)C(=O)OC)[C@H]32. The summed E-state index contributed by atoms with van der Waals surface area (Å²) in [4.78, 5) is 22.9. The largest absolute Gasteiger partial charge is 0.493 e. The van der Waals surface area contributed by atoms with E-state index in [0.29, 0.717) is 44.6 Å². The second kappa shape index (κ2) is 21.6. The maximum Gasteiger partial charge on any atom is 0.409 e. The van der Waals surface area contributed by atoms with Crippen LogP contribution in [0.2, 0.25) is 0 Å². The first kappa shape index (κ1) is 43.3. The number of oxime groups is 1. The number of benzene rings is 3. The van der Waals surface area contributed by atoms with Crippen molar-refractivity contribution in [1.82, 2.24) is 4.90 Å². The molecule has 6 atom stereocenters. The first-order valence-electron chi connectivity index (χ1n) is 20.9. The molecule has 0 saturated heterocycles. The van der Waals surface area contributed by atoms with Crippen LogP contribution in [-0.2, 0) is 20.9 Å². The Hall–Kier alpha value is -4.29. The molecule has 3 aliphatic rings. The zero-order valence-corrected chi connectivity index (χ0v) is 34.8. The predicted molar refractivity (Wildman–Crippen MR) is 228 cm³/mol. The number of methoxy groups -OCH3 is 1. The highest BCUT2D eigenvalue weighted by atomic mass is 32.2. The average molecular weight is 813 g/mol. The number of unbranched alkanes of at least 4 members (excludes halogenated alkanes) is 2. The molecule has 1 fully saturated rings. The molecule has 312 valence electrons. The summed E-state index contributed by atoms with van der Waals surface area (Å²) in [6, 6.07) is 25.7. The molecular weight excluding hydrogens is 753 g/mol. The Morgan fingerprint density at radius 3 is 2.47 bits per heavy atom. The number of ether oxygens (including phenoxy) is 4. The van der Waals surface area contributed by atoms with Gasteiger partial charge in [-0.15, -0.1) is 18.3 Å². The Morgan fingerprint density at radius 1 is 1.02 bits per heavy atom. The number of amides is 1.